The van der Waals surface area contributed by atoms with Crippen LogP contribution in [0.5, 0.6) is 0 Å². The maximum atomic E-state index is 5.78. The Hall–Kier alpha value is -0.860. The largest absolute Gasteiger partial charge is 0.309 e. The number of hydrogen-bond acceptors (Lipinski definition) is 2. The SMILES string of the molecule is Clc1ccc(C2=CCC[C@@H]3CN[C@H]23)cn1. The number of allylic oxidation sites excluding steroid dienone is 1. The van der Waals surface area contributed by atoms with Crippen LogP contribution in [0.3, 0.4) is 0 Å². The molecule has 15 heavy (non-hydrogen) atoms. The quantitative estimate of drug-likeness (QED) is 0.736. The van der Waals surface area contributed by atoms with Gasteiger partial charge in [0.05, 0.1) is 0 Å². The molecule has 3 rings (SSSR count). The Balaban J connectivity index is 1.92. The van der Waals surface area contributed by atoms with Crippen LogP contribution < -0.4 is 5.32 Å². The smallest absolute Gasteiger partial charge is 0.129 e. The fourth-order valence-corrected chi connectivity index (χ4v) is 2.57. The predicted octanol–water partition coefficient (Wildman–Crippen LogP) is 2.50. The van der Waals surface area contributed by atoms with Crippen LogP contribution >= 0.6 is 11.6 Å². The monoisotopic (exact) mass is 220 g/mol. The van der Waals surface area contributed by atoms with Crippen molar-refractivity contribution in [3.63, 3.8) is 0 Å². The molecule has 0 amide bonds. The van der Waals surface area contributed by atoms with Crippen LogP contribution in [0.25, 0.3) is 5.57 Å². The number of pyridine rings is 1. The van der Waals surface area contributed by atoms with Gasteiger partial charge in [-0.1, -0.05) is 23.7 Å². The fourth-order valence-electron chi connectivity index (χ4n) is 2.46. The summed E-state index contributed by atoms with van der Waals surface area (Å²) < 4.78 is 0. The molecule has 1 aliphatic heterocycles. The van der Waals surface area contributed by atoms with Crippen molar-refractivity contribution in [2.75, 3.05) is 6.54 Å². The highest BCUT2D eigenvalue weighted by Crippen LogP contribution is 2.35. The van der Waals surface area contributed by atoms with Gasteiger partial charge in [-0.3, -0.25) is 0 Å². The summed E-state index contributed by atoms with van der Waals surface area (Å²) in [5.41, 5.74) is 2.61. The number of hydrogen-bond donors (Lipinski definition) is 1. The molecule has 78 valence electrons. The summed E-state index contributed by atoms with van der Waals surface area (Å²) in [5.74, 6) is 0.834. The average Bonchev–Trinajstić information content (AvgIpc) is 2.21. The van der Waals surface area contributed by atoms with Gasteiger partial charge in [0, 0.05) is 18.8 Å². The molecule has 2 nitrogen and oxygen atoms in total. The van der Waals surface area contributed by atoms with E-state index in [4.69, 9.17) is 11.6 Å². The van der Waals surface area contributed by atoms with Crippen molar-refractivity contribution in [1.29, 1.82) is 0 Å². The number of nitrogens with zero attached hydrogens (tertiary/aromatic N) is 1. The first-order valence-corrected chi connectivity index (χ1v) is 5.78. The van der Waals surface area contributed by atoms with Gasteiger partial charge in [0.1, 0.15) is 5.15 Å². The normalized spacial score (nSPS) is 29.0. The van der Waals surface area contributed by atoms with Crippen LogP contribution in [-0.2, 0) is 0 Å². The summed E-state index contributed by atoms with van der Waals surface area (Å²) in [5, 5.41) is 4.04. The Morgan fingerprint density at radius 3 is 3.00 bits per heavy atom. The summed E-state index contributed by atoms with van der Waals surface area (Å²) >= 11 is 5.78. The summed E-state index contributed by atoms with van der Waals surface area (Å²) in [7, 11) is 0. The van der Waals surface area contributed by atoms with Crippen molar-refractivity contribution in [2.24, 2.45) is 5.92 Å². The van der Waals surface area contributed by atoms with Crippen LogP contribution in [0, 0.1) is 5.92 Å². The third kappa shape index (κ3) is 1.58. The first-order chi connectivity index (χ1) is 7.34. The van der Waals surface area contributed by atoms with Crippen molar-refractivity contribution in [2.45, 2.75) is 18.9 Å². The maximum absolute atomic E-state index is 5.78. The first kappa shape index (κ1) is 9.37. The summed E-state index contributed by atoms with van der Waals surface area (Å²) in [6.45, 7) is 1.17. The van der Waals surface area contributed by atoms with Gasteiger partial charge in [0.2, 0.25) is 0 Å². The van der Waals surface area contributed by atoms with E-state index < -0.39 is 0 Å². The van der Waals surface area contributed by atoms with Gasteiger partial charge in [-0.2, -0.15) is 0 Å². The number of aromatic nitrogens is 1. The van der Waals surface area contributed by atoms with E-state index in [2.05, 4.69) is 22.4 Å². The van der Waals surface area contributed by atoms with E-state index in [0.29, 0.717) is 11.2 Å². The molecule has 2 aliphatic rings. The van der Waals surface area contributed by atoms with Crippen molar-refractivity contribution < 1.29 is 0 Å². The lowest BCUT2D eigenvalue weighted by molar-refractivity contribution is 0.262. The molecule has 1 fully saturated rings. The molecule has 0 unspecified atom stereocenters. The van der Waals surface area contributed by atoms with Gasteiger partial charge in [0.15, 0.2) is 0 Å². The maximum Gasteiger partial charge on any atom is 0.129 e. The lowest BCUT2D eigenvalue weighted by Crippen LogP contribution is -2.54. The fraction of sp³-hybridized carbons (Fsp3) is 0.417. The number of nitrogens with one attached hydrogen (secondary N) is 1. The Kier molecular flexibility index (Phi) is 2.26. The highest BCUT2D eigenvalue weighted by Gasteiger charge is 2.35. The summed E-state index contributed by atoms with van der Waals surface area (Å²) in [6, 6.07) is 4.48. The van der Waals surface area contributed by atoms with E-state index >= 15 is 0 Å². The Morgan fingerprint density at radius 1 is 1.40 bits per heavy atom. The molecular weight excluding hydrogens is 208 g/mol. The molecule has 1 aliphatic carbocycles. The van der Waals surface area contributed by atoms with Gasteiger partial charge in [-0.05, 0) is 36.0 Å². The zero-order valence-corrected chi connectivity index (χ0v) is 9.17. The average molecular weight is 221 g/mol. The molecule has 1 N–H and O–H groups in total. The third-order valence-corrected chi connectivity index (χ3v) is 3.59. The second kappa shape index (κ2) is 3.62. The molecule has 1 aromatic rings. The topological polar surface area (TPSA) is 24.9 Å². The zero-order valence-electron chi connectivity index (χ0n) is 8.41. The minimum absolute atomic E-state index is 0.557. The minimum Gasteiger partial charge on any atom is -0.309 e. The number of rotatable bonds is 1. The van der Waals surface area contributed by atoms with Crippen LogP contribution in [0.2, 0.25) is 5.15 Å². The molecule has 1 saturated heterocycles. The Morgan fingerprint density at radius 2 is 2.33 bits per heavy atom. The lowest BCUT2D eigenvalue weighted by atomic mass is 9.76. The van der Waals surface area contributed by atoms with Crippen LogP contribution in [-0.4, -0.2) is 17.6 Å². The molecule has 2 heterocycles. The molecule has 0 bridgehead atoms. The highest BCUT2D eigenvalue weighted by atomic mass is 35.5. The van der Waals surface area contributed by atoms with Crippen LogP contribution in [0.4, 0.5) is 0 Å². The number of halogens is 1. The van der Waals surface area contributed by atoms with Crippen molar-refractivity contribution in [3.8, 4) is 0 Å². The van der Waals surface area contributed by atoms with Crippen molar-refractivity contribution >= 4 is 17.2 Å². The molecular formula is C12H13ClN2. The molecule has 1 aromatic heterocycles. The Bertz CT molecular complexity index is 397. The second-order valence-electron chi connectivity index (χ2n) is 4.25. The minimum atomic E-state index is 0.557. The zero-order chi connectivity index (χ0) is 10.3. The molecule has 3 heteroatoms. The molecule has 0 aromatic carbocycles. The van der Waals surface area contributed by atoms with E-state index in [1.165, 1.54) is 30.5 Å². The molecule has 0 saturated carbocycles. The van der Waals surface area contributed by atoms with Crippen molar-refractivity contribution in [1.82, 2.24) is 10.3 Å². The van der Waals surface area contributed by atoms with E-state index in [9.17, 15) is 0 Å². The van der Waals surface area contributed by atoms with Gasteiger partial charge < -0.3 is 5.32 Å². The summed E-state index contributed by atoms with van der Waals surface area (Å²) in [4.78, 5) is 4.13. The molecule has 0 radical (unpaired) electrons. The van der Waals surface area contributed by atoms with Crippen LogP contribution in [0.15, 0.2) is 24.4 Å². The predicted molar refractivity (Wildman–Crippen MR) is 61.7 cm³/mol. The number of fused-ring (bicyclic) bond motifs is 1. The third-order valence-electron chi connectivity index (χ3n) is 3.37. The molecule has 0 spiro atoms. The van der Waals surface area contributed by atoms with Gasteiger partial charge in [-0.25, -0.2) is 4.98 Å². The first-order valence-electron chi connectivity index (χ1n) is 5.40. The van der Waals surface area contributed by atoms with E-state index in [0.717, 1.165) is 5.92 Å². The van der Waals surface area contributed by atoms with Crippen LogP contribution in [0.1, 0.15) is 18.4 Å². The van der Waals surface area contributed by atoms with E-state index in [-0.39, 0.29) is 0 Å². The van der Waals surface area contributed by atoms with E-state index in [1.807, 2.05) is 12.3 Å². The van der Waals surface area contributed by atoms with Gasteiger partial charge >= 0.3 is 0 Å². The highest BCUT2D eigenvalue weighted by molar-refractivity contribution is 6.29. The van der Waals surface area contributed by atoms with Gasteiger partial charge in [0.25, 0.3) is 0 Å². The van der Waals surface area contributed by atoms with Gasteiger partial charge in [-0.15, -0.1) is 0 Å². The molecule has 2 atom stereocenters. The van der Waals surface area contributed by atoms with E-state index in [1.54, 1.807) is 0 Å². The Labute approximate surface area is 94.4 Å². The lowest BCUT2D eigenvalue weighted by Gasteiger charge is -2.42. The van der Waals surface area contributed by atoms with Crippen molar-refractivity contribution in [3.05, 3.63) is 35.1 Å². The summed E-state index contributed by atoms with van der Waals surface area (Å²) in [6.07, 6.45) is 6.72. The standard InChI is InChI=1S/C12H13ClN2/c13-11-5-4-8(6-14-11)10-3-1-2-9-7-15-12(9)10/h3-6,9,12,15H,1-2,7H2/t9-,12+/m1/s1. The second-order valence-corrected chi connectivity index (χ2v) is 4.64.